The largest absolute Gasteiger partial charge is 0.465 e. The van der Waals surface area contributed by atoms with E-state index < -0.39 is 16.0 Å². The van der Waals surface area contributed by atoms with Gasteiger partial charge in [-0.15, -0.1) is 0 Å². The quantitative estimate of drug-likeness (QED) is 0.798. The molecule has 5 nitrogen and oxygen atoms in total. The fourth-order valence-electron chi connectivity index (χ4n) is 2.17. The van der Waals surface area contributed by atoms with Gasteiger partial charge in [0.15, 0.2) is 0 Å². The Kier molecular flexibility index (Phi) is 5.11. The summed E-state index contributed by atoms with van der Waals surface area (Å²) in [6.45, 7) is 3.63. The molecule has 2 rings (SSSR count). The number of nitrogens with one attached hydrogen (secondary N) is 1. The van der Waals surface area contributed by atoms with Crippen molar-refractivity contribution in [1.82, 2.24) is 0 Å². The van der Waals surface area contributed by atoms with E-state index >= 15 is 0 Å². The molecule has 0 atom stereocenters. The van der Waals surface area contributed by atoms with Gasteiger partial charge in [0.05, 0.1) is 18.4 Å². The van der Waals surface area contributed by atoms with Crippen molar-refractivity contribution < 1.29 is 17.9 Å². The zero-order chi connectivity index (χ0) is 17.2. The van der Waals surface area contributed by atoms with Gasteiger partial charge in [0, 0.05) is 4.47 Å². The lowest BCUT2D eigenvalue weighted by atomic mass is 10.1. The van der Waals surface area contributed by atoms with Crippen molar-refractivity contribution in [3.05, 3.63) is 57.6 Å². The maximum Gasteiger partial charge on any atom is 0.339 e. The number of sulfonamides is 1. The Morgan fingerprint density at radius 3 is 2.30 bits per heavy atom. The molecular formula is C16H16BrNO4S. The summed E-state index contributed by atoms with van der Waals surface area (Å²) in [6, 6.07) is 9.83. The van der Waals surface area contributed by atoms with Crippen molar-refractivity contribution in [3.63, 3.8) is 0 Å². The molecule has 0 aliphatic carbocycles. The summed E-state index contributed by atoms with van der Waals surface area (Å²) in [7, 11) is -2.73. The van der Waals surface area contributed by atoms with Crippen LogP contribution in [-0.4, -0.2) is 21.5 Å². The van der Waals surface area contributed by atoms with E-state index in [1.807, 2.05) is 32.0 Å². The Morgan fingerprint density at radius 1 is 1.13 bits per heavy atom. The lowest BCUT2D eigenvalue weighted by Crippen LogP contribution is -2.18. The molecule has 0 aliphatic rings. The van der Waals surface area contributed by atoms with Crippen molar-refractivity contribution in [1.29, 1.82) is 0 Å². The second-order valence-corrected chi connectivity index (χ2v) is 7.57. The third-order valence-electron chi connectivity index (χ3n) is 3.35. The first-order chi connectivity index (χ1) is 10.8. The molecule has 0 bridgehead atoms. The molecule has 0 fully saturated rings. The van der Waals surface area contributed by atoms with Crippen LogP contribution in [0, 0.1) is 13.8 Å². The number of halogens is 1. The molecule has 1 N–H and O–H groups in total. The van der Waals surface area contributed by atoms with Gasteiger partial charge in [0.25, 0.3) is 10.0 Å². The number of carbonyl (C=O) groups is 1. The zero-order valence-electron chi connectivity index (χ0n) is 12.9. The Hall–Kier alpha value is -1.86. The first kappa shape index (κ1) is 17.5. The first-order valence-electron chi connectivity index (χ1n) is 6.73. The number of carbonyl (C=O) groups excluding carboxylic acids is 1. The van der Waals surface area contributed by atoms with Gasteiger partial charge in [-0.1, -0.05) is 34.1 Å². The van der Waals surface area contributed by atoms with E-state index in [1.54, 1.807) is 6.07 Å². The molecule has 7 heteroatoms. The van der Waals surface area contributed by atoms with Crippen molar-refractivity contribution >= 4 is 37.6 Å². The minimum Gasteiger partial charge on any atom is -0.465 e. The predicted octanol–water partition coefficient (Wildman–Crippen LogP) is 3.65. The molecule has 0 aromatic heterocycles. The molecule has 0 unspecified atom stereocenters. The van der Waals surface area contributed by atoms with Crippen LogP contribution < -0.4 is 4.72 Å². The van der Waals surface area contributed by atoms with Gasteiger partial charge in [-0.05, 0) is 43.2 Å². The summed E-state index contributed by atoms with van der Waals surface area (Å²) in [6.07, 6.45) is 0. The SMILES string of the molecule is COC(=O)c1cc(Br)ccc1S(=O)(=O)Nc1c(C)cccc1C. The van der Waals surface area contributed by atoms with Crippen molar-refractivity contribution in [3.8, 4) is 0 Å². The van der Waals surface area contributed by atoms with Gasteiger partial charge in [0.2, 0.25) is 0 Å². The minimum atomic E-state index is -3.93. The zero-order valence-corrected chi connectivity index (χ0v) is 15.3. The molecule has 0 amide bonds. The Morgan fingerprint density at radius 2 is 1.74 bits per heavy atom. The average molecular weight is 398 g/mol. The van der Waals surface area contributed by atoms with Crippen molar-refractivity contribution in [2.75, 3.05) is 11.8 Å². The van der Waals surface area contributed by atoms with Gasteiger partial charge in [0.1, 0.15) is 4.90 Å². The molecule has 2 aromatic rings. The number of ether oxygens (including phenoxy) is 1. The number of anilines is 1. The monoisotopic (exact) mass is 397 g/mol. The van der Waals surface area contributed by atoms with Crippen LogP contribution in [0.1, 0.15) is 21.5 Å². The number of methoxy groups -OCH3 is 1. The van der Waals surface area contributed by atoms with E-state index in [4.69, 9.17) is 0 Å². The number of benzene rings is 2. The number of para-hydroxylation sites is 1. The molecule has 2 aromatic carbocycles. The van der Waals surface area contributed by atoms with Crippen LogP contribution in [0.4, 0.5) is 5.69 Å². The highest BCUT2D eigenvalue weighted by Gasteiger charge is 2.24. The standard InChI is InChI=1S/C16H16BrNO4S/c1-10-5-4-6-11(2)15(10)18-23(20,21)14-8-7-12(17)9-13(14)16(19)22-3/h4-9,18H,1-3H3. The summed E-state index contributed by atoms with van der Waals surface area (Å²) in [5, 5.41) is 0. The number of hydrogen-bond donors (Lipinski definition) is 1. The van der Waals surface area contributed by atoms with E-state index in [0.29, 0.717) is 10.2 Å². The van der Waals surface area contributed by atoms with E-state index in [-0.39, 0.29) is 10.5 Å². The van der Waals surface area contributed by atoms with Crippen LogP contribution in [0.25, 0.3) is 0 Å². The molecule has 0 aliphatic heterocycles. The minimum absolute atomic E-state index is 0.0272. The number of hydrogen-bond acceptors (Lipinski definition) is 4. The maximum absolute atomic E-state index is 12.7. The summed E-state index contributed by atoms with van der Waals surface area (Å²) >= 11 is 3.23. The summed E-state index contributed by atoms with van der Waals surface area (Å²) in [5.41, 5.74) is 2.07. The predicted molar refractivity (Wildman–Crippen MR) is 92.2 cm³/mol. The molecule has 122 valence electrons. The average Bonchev–Trinajstić information content (AvgIpc) is 2.50. The summed E-state index contributed by atoms with van der Waals surface area (Å²) < 4.78 is 33.3. The fraction of sp³-hybridized carbons (Fsp3) is 0.188. The van der Waals surface area contributed by atoms with Crippen LogP contribution >= 0.6 is 15.9 Å². The van der Waals surface area contributed by atoms with Gasteiger partial charge in [-0.2, -0.15) is 0 Å². The first-order valence-corrected chi connectivity index (χ1v) is 9.01. The van der Waals surface area contributed by atoms with E-state index in [2.05, 4.69) is 25.4 Å². The number of aryl methyl sites for hydroxylation is 2. The molecule has 23 heavy (non-hydrogen) atoms. The van der Waals surface area contributed by atoms with Crippen molar-refractivity contribution in [2.45, 2.75) is 18.7 Å². The van der Waals surface area contributed by atoms with E-state index in [1.165, 1.54) is 19.2 Å². The Bertz CT molecular complexity index is 842. The van der Waals surface area contributed by atoms with Crippen LogP contribution in [0.15, 0.2) is 45.8 Å². The summed E-state index contributed by atoms with van der Waals surface area (Å²) in [5.74, 6) is -0.715. The third kappa shape index (κ3) is 3.73. The van der Waals surface area contributed by atoms with Crippen LogP contribution in [0.2, 0.25) is 0 Å². The highest BCUT2D eigenvalue weighted by molar-refractivity contribution is 9.10. The van der Waals surface area contributed by atoms with Gasteiger partial charge < -0.3 is 4.74 Å². The lowest BCUT2D eigenvalue weighted by molar-refractivity contribution is 0.0596. The van der Waals surface area contributed by atoms with E-state index in [0.717, 1.165) is 11.1 Å². The van der Waals surface area contributed by atoms with E-state index in [9.17, 15) is 13.2 Å². The van der Waals surface area contributed by atoms with Gasteiger partial charge in [-0.25, -0.2) is 13.2 Å². The molecule has 0 saturated heterocycles. The number of esters is 1. The third-order valence-corrected chi connectivity index (χ3v) is 5.26. The molecule has 0 saturated carbocycles. The van der Waals surface area contributed by atoms with Gasteiger partial charge >= 0.3 is 5.97 Å². The Balaban J connectivity index is 2.55. The van der Waals surface area contributed by atoms with Gasteiger partial charge in [-0.3, -0.25) is 4.72 Å². The maximum atomic E-state index is 12.7. The second-order valence-electron chi connectivity index (χ2n) is 5.00. The topological polar surface area (TPSA) is 72.5 Å². The van der Waals surface area contributed by atoms with Crippen LogP contribution in [0.5, 0.6) is 0 Å². The normalized spacial score (nSPS) is 11.1. The highest BCUT2D eigenvalue weighted by atomic mass is 79.9. The second kappa shape index (κ2) is 6.72. The number of rotatable bonds is 4. The molecular weight excluding hydrogens is 382 g/mol. The fourth-order valence-corrected chi connectivity index (χ4v) is 3.91. The molecule has 0 heterocycles. The van der Waals surface area contributed by atoms with Crippen LogP contribution in [0.3, 0.4) is 0 Å². The molecule has 0 radical (unpaired) electrons. The van der Waals surface area contributed by atoms with Crippen molar-refractivity contribution in [2.24, 2.45) is 0 Å². The smallest absolute Gasteiger partial charge is 0.339 e. The Labute approximate surface area is 143 Å². The summed E-state index contributed by atoms with van der Waals surface area (Å²) in [4.78, 5) is 11.8. The van der Waals surface area contributed by atoms with Crippen LogP contribution in [-0.2, 0) is 14.8 Å². The molecule has 0 spiro atoms. The highest BCUT2D eigenvalue weighted by Crippen LogP contribution is 2.27. The lowest BCUT2D eigenvalue weighted by Gasteiger charge is -2.15.